The summed E-state index contributed by atoms with van der Waals surface area (Å²) in [6.45, 7) is 8.85. The predicted molar refractivity (Wildman–Crippen MR) is 129 cm³/mol. The minimum Gasteiger partial charge on any atom is -0.486 e. The summed E-state index contributed by atoms with van der Waals surface area (Å²) in [5, 5.41) is 0. The molecule has 0 bridgehead atoms. The Labute approximate surface area is 197 Å². The molecule has 180 valence electrons. The Morgan fingerprint density at radius 2 is 1.70 bits per heavy atom. The number of ether oxygens (including phenoxy) is 2. The third kappa shape index (κ3) is 7.81. The third-order valence-corrected chi connectivity index (χ3v) is 8.48. The van der Waals surface area contributed by atoms with Crippen LogP contribution in [0.5, 0.6) is 5.75 Å². The molecule has 8 nitrogen and oxygen atoms in total. The van der Waals surface area contributed by atoms with E-state index in [0.29, 0.717) is 37.2 Å². The molecule has 2 heterocycles. The van der Waals surface area contributed by atoms with Gasteiger partial charge in [0.05, 0.1) is 11.5 Å². The van der Waals surface area contributed by atoms with E-state index in [4.69, 9.17) is 9.47 Å². The van der Waals surface area contributed by atoms with Gasteiger partial charge in [0.1, 0.15) is 12.4 Å². The van der Waals surface area contributed by atoms with Crippen LogP contribution in [0.1, 0.15) is 30.1 Å². The van der Waals surface area contributed by atoms with Gasteiger partial charge in [-0.15, -0.1) is 0 Å². The van der Waals surface area contributed by atoms with Crippen molar-refractivity contribution in [2.24, 2.45) is 0 Å². The number of carbonyl (C=O) groups excluding carboxylic acids is 1. The first-order valence-corrected chi connectivity index (χ1v) is 16.8. The minimum absolute atomic E-state index is 0.195. The fourth-order valence-electron chi connectivity index (χ4n) is 3.51. The van der Waals surface area contributed by atoms with Gasteiger partial charge in [0, 0.05) is 39.8 Å². The maximum Gasteiger partial charge on any atom is 0.409 e. The van der Waals surface area contributed by atoms with Crippen molar-refractivity contribution < 1.29 is 22.7 Å². The number of amides is 1. The molecule has 1 fully saturated rings. The lowest BCUT2D eigenvalue weighted by Gasteiger charge is -2.31. The quantitative estimate of drug-likeness (QED) is 0.512. The maximum absolute atomic E-state index is 12.3. The fourth-order valence-corrected chi connectivity index (χ4v) is 4.86. The Balaban J connectivity index is 1.44. The third-order valence-electron chi connectivity index (χ3n) is 5.65. The van der Waals surface area contributed by atoms with Crippen LogP contribution in [0.3, 0.4) is 0 Å². The largest absolute Gasteiger partial charge is 0.486 e. The van der Waals surface area contributed by atoms with E-state index < -0.39 is 17.9 Å². The van der Waals surface area contributed by atoms with Crippen molar-refractivity contribution in [3.05, 3.63) is 48.0 Å². The van der Waals surface area contributed by atoms with Crippen LogP contribution in [0, 0.1) is 0 Å². The molecule has 1 aromatic heterocycles. The smallest absolute Gasteiger partial charge is 0.409 e. The van der Waals surface area contributed by atoms with Gasteiger partial charge in [-0.05, 0) is 54.6 Å². The monoisotopic (exact) mass is 491 g/mol. The Hall–Kier alpha value is -2.46. The van der Waals surface area contributed by atoms with E-state index in [-0.39, 0.29) is 17.6 Å². The summed E-state index contributed by atoms with van der Waals surface area (Å²) >= 11 is 0. The van der Waals surface area contributed by atoms with E-state index >= 15 is 0 Å². The molecule has 10 heteroatoms. The SMILES string of the molecule is C[Si](C)(C)CCOC(=O)N1CCC(c2cnc(COc3ccc(S(C)(=O)=O)cc3)nc2)CC1. The number of piperidine rings is 1. The summed E-state index contributed by atoms with van der Waals surface area (Å²) < 4.78 is 34.2. The topological polar surface area (TPSA) is 98.7 Å². The maximum atomic E-state index is 12.3. The van der Waals surface area contributed by atoms with Crippen LogP contribution in [-0.4, -0.2) is 63.4 Å². The van der Waals surface area contributed by atoms with Crippen molar-refractivity contribution >= 4 is 24.0 Å². The molecule has 0 radical (unpaired) electrons. The van der Waals surface area contributed by atoms with E-state index in [1.54, 1.807) is 17.0 Å². The summed E-state index contributed by atoms with van der Waals surface area (Å²) in [5.41, 5.74) is 1.06. The molecule has 0 N–H and O–H groups in total. The summed E-state index contributed by atoms with van der Waals surface area (Å²) in [4.78, 5) is 23.1. The molecule has 2 aromatic rings. The average molecular weight is 492 g/mol. The first-order chi connectivity index (χ1) is 15.5. The normalized spacial score (nSPS) is 15.3. The van der Waals surface area contributed by atoms with E-state index in [2.05, 4.69) is 29.6 Å². The minimum atomic E-state index is -3.23. The first-order valence-electron chi connectivity index (χ1n) is 11.2. The number of carbonyl (C=O) groups is 1. The highest BCUT2D eigenvalue weighted by molar-refractivity contribution is 7.90. The fraction of sp³-hybridized carbons (Fsp3) is 0.522. The average Bonchev–Trinajstić information content (AvgIpc) is 2.77. The van der Waals surface area contributed by atoms with Crippen molar-refractivity contribution in [2.75, 3.05) is 26.0 Å². The van der Waals surface area contributed by atoms with Gasteiger partial charge in [-0.3, -0.25) is 0 Å². The van der Waals surface area contributed by atoms with Gasteiger partial charge < -0.3 is 14.4 Å². The van der Waals surface area contributed by atoms with Crippen LogP contribution < -0.4 is 4.74 Å². The highest BCUT2D eigenvalue weighted by Crippen LogP contribution is 2.27. The van der Waals surface area contributed by atoms with E-state index in [0.717, 1.165) is 24.4 Å². The lowest BCUT2D eigenvalue weighted by molar-refractivity contribution is 0.0968. The summed E-state index contributed by atoms with van der Waals surface area (Å²) in [5.74, 6) is 1.42. The van der Waals surface area contributed by atoms with Gasteiger partial charge >= 0.3 is 6.09 Å². The Morgan fingerprint density at radius 3 is 2.24 bits per heavy atom. The Morgan fingerprint density at radius 1 is 1.09 bits per heavy atom. The van der Waals surface area contributed by atoms with E-state index in [1.165, 1.54) is 18.4 Å². The zero-order valence-corrected chi connectivity index (χ0v) is 21.6. The number of hydrogen-bond donors (Lipinski definition) is 0. The number of benzene rings is 1. The zero-order valence-electron chi connectivity index (χ0n) is 19.8. The van der Waals surface area contributed by atoms with Crippen LogP contribution in [-0.2, 0) is 21.2 Å². The van der Waals surface area contributed by atoms with E-state index in [9.17, 15) is 13.2 Å². The van der Waals surface area contributed by atoms with Crippen LogP contribution in [0.15, 0.2) is 41.6 Å². The first kappa shape index (κ1) is 25.2. The van der Waals surface area contributed by atoms with Gasteiger partial charge in [0.25, 0.3) is 0 Å². The van der Waals surface area contributed by atoms with Crippen molar-refractivity contribution in [2.45, 2.75) is 55.9 Å². The number of nitrogens with zero attached hydrogens (tertiary/aromatic N) is 3. The number of aromatic nitrogens is 2. The van der Waals surface area contributed by atoms with E-state index in [1.807, 2.05) is 12.4 Å². The molecule has 0 aliphatic carbocycles. The summed E-state index contributed by atoms with van der Waals surface area (Å²) in [6.07, 6.45) is 6.32. The molecular weight excluding hydrogens is 458 g/mol. The van der Waals surface area contributed by atoms with Gasteiger partial charge in [-0.2, -0.15) is 0 Å². The van der Waals surface area contributed by atoms with Gasteiger partial charge in [0.15, 0.2) is 15.7 Å². The van der Waals surface area contributed by atoms with Gasteiger partial charge in [-0.1, -0.05) is 19.6 Å². The zero-order chi connectivity index (χ0) is 24.1. The molecule has 33 heavy (non-hydrogen) atoms. The molecule has 1 aliphatic rings. The molecule has 0 atom stereocenters. The molecule has 0 saturated carbocycles. The second-order valence-electron chi connectivity index (χ2n) is 9.65. The summed E-state index contributed by atoms with van der Waals surface area (Å²) in [7, 11) is -4.44. The molecule has 1 aliphatic heterocycles. The highest BCUT2D eigenvalue weighted by Gasteiger charge is 2.25. The standard InChI is InChI=1S/C23H33N3O5SSi/c1-32(28,29)21-7-5-20(6-8-21)31-17-22-24-15-19(16-25-22)18-9-11-26(12-10-18)23(27)30-13-14-33(2,3)4/h5-8,15-16,18H,9-14,17H2,1-4H3. The van der Waals surface area contributed by atoms with Gasteiger partial charge in [-0.25, -0.2) is 23.2 Å². The number of sulfone groups is 1. The van der Waals surface area contributed by atoms with Crippen molar-refractivity contribution in [3.63, 3.8) is 0 Å². The molecular formula is C23H33N3O5SSi. The summed E-state index contributed by atoms with van der Waals surface area (Å²) in [6, 6.07) is 7.25. The number of hydrogen-bond acceptors (Lipinski definition) is 7. The number of rotatable bonds is 8. The van der Waals surface area contributed by atoms with Crippen LogP contribution in [0.2, 0.25) is 25.7 Å². The molecule has 1 saturated heterocycles. The molecule has 0 unspecified atom stereocenters. The molecule has 0 spiro atoms. The molecule has 3 rings (SSSR count). The van der Waals surface area contributed by atoms with Crippen LogP contribution in [0.4, 0.5) is 4.79 Å². The predicted octanol–water partition coefficient (Wildman–Crippen LogP) is 4.11. The Kier molecular flexibility index (Phi) is 8.12. The lowest BCUT2D eigenvalue weighted by atomic mass is 9.91. The van der Waals surface area contributed by atoms with Crippen molar-refractivity contribution in [3.8, 4) is 5.75 Å². The van der Waals surface area contributed by atoms with Crippen molar-refractivity contribution in [1.82, 2.24) is 14.9 Å². The Bertz CT molecular complexity index is 1030. The number of likely N-dealkylation sites (tertiary alicyclic amines) is 1. The molecule has 1 amide bonds. The van der Waals surface area contributed by atoms with Gasteiger partial charge in [0.2, 0.25) is 0 Å². The lowest BCUT2D eigenvalue weighted by Crippen LogP contribution is -2.39. The second-order valence-corrected chi connectivity index (χ2v) is 17.3. The van der Waals surface area contributed by atoms with Crippen LogP contribution in [0.25, 0.3) is 0 Å². The van der Waals surface area contributed by atoms with Crippen LogP contribution >= 0.6 is 0 Å². The second kappa shape index (κ2) is 10.6. The van der Waals surface area contributed by atoms with Crippen molar-refractivity contribution in [1.29, 1.82) is 0 Å². The highest BCUT2D eigenvalue weighted by atomic mass is 32.2. The molecule has 1 aromatic carbocycles.